The summed E-state index contributed by atoms with van der Waals surface area (Å²) >= 11 is 0. The molecule has 130 valence electrons. The molecule has 2 aromatic carbocycles. The van der Waals surface area contributed by atoms with Crippen molar-refractivity contribution in [3.8, 4) is 11.3 Å². The highest BCUT2D eigenvalue weighted by Crippen LogP contribution is 2.32. The molecule has 0 aliphatic rings. The maximum Gasteiger partial charge on any atom is 0.213 e. The van der Waals surface area contributed by atoms with E-state index in [0.717, 1.165) is 0 Å². The van der Waals surface area contributed by atoms with Gasteiger partial charge in [-0.05, 0) is 80.0 Å². The van der Waals surface area contributed by atoms with Gasteiger partial charge in [0, 0.05) is 23.1 Å². The Bertz CT molecular complexity index is 917. The third-order valence-electron chi connectivity index (χ3n) is 5.75. The molecule has 0 amide bonds. The van der Waals surface area contributed by atoms with Crippen molar-refractivity contribution in [1.29, 1.82) is 0 Å². The molecule has 0 fully saturated rings. The van der Waals surface area contributed by atoms with E-state index in [4.69, 9.17) is 0 Å². The fraction of sp³-hybridized carbons (Fsp3) is 0.375. The number of pyridine rings is 1. The van der Waals surface area contributed by atoms with Crippen LogP contribution in [0.4, 0.5) is 0 Å². The molecule has 0 radical (unpaired) electrons. The number of benzene rings is 2. The molecule has 0 aliphatic carbocycles. The van der Waals surface area contributed by atoms with Gasteiger partial charge in [0.05, 0.1) is 0 Å². The monoisotopic (exact) mass is 332 g/mol. The first kappa shape index (κ1) is 17.7. The van der Waals surface area contributed by atoms with Crippen LogP contribution in [0.5, 0.6) is 0 Å². The van der Waals surface area contributed by atoms with Crippen LogP contribution in [0.1, 0.15) is 54.9 Å². The zero-order chi connectivity index (χ0) is 18.1. The molecule has 0 spiro atoms. The van der Waals surface area contributed by atoms with Crippen LogP contribution < -0.4 is 4.57 Å². The first-order valence-electron chi connectivity index (χ1n) is 9.47. The molecule has 1 nitrogen and oxygen atoms in total. The molecule has 0 atom stereocenters. The number of rotatable bonds is 4. The van der Waals surface area contributed by atoms with Crippen LogP contribution in [0.15, 0.2) is 42.5 Å². The summed E-state index contributed by atoms with van der Waals surface area (Å²) in [5, 5.41) is 1.29. The molecule has 25 heavy (non-hydrogen) atoms. The summed E-state index contributed by atoms with van der Waals surface area (Å²) in [5.74, 6) is 0.644. The molecular formula is C24H30N+. The highest BCUT2D eigenvalue weighted by atomic mass is 14.9. The van der Waals surface area contributed by atoms with Crippen molar-refractivity contribution >= 4 is 10.9 Å². The summed E-state index contributed by atoms with van der Waals surface area (Å²) in [4.78, 5) is 0. The molecule has 0 N–H and O–H groups in total. The topological polar surface area (TPSA) is 3.88 Å². The molecule has 0 unspecified atom stereocenters. The zero-order valence-corrected chi connectivity index (χ0v) is 16.5. The van der Waals surface area contributed by atoms with E-state index in [1.54, 1.807) is 0 Å². The molecule has 0 saturated heterocycles. The van der Waals surface area contributed by atoms with Gasteiger partial charge in [-0.3, -0.25) is 0 Å². The van der Waals surface area contributed by atoms with E-state index in [1.165, 1.54) is 57.3 Å². The van der Waals surface area contributed by atoms with Crippen molar-refractivity contribution < 1.29 is 4.57 Å². The Balaban J connectivity index is 2.25. The van der Waals surface area contributed by atoms with E-state index in [1.807, 2.05) is 0 Å². The standard InChI is InChI=1S/C24H30N/c1-7-19(8-2)21-14-17(4)18(5)22(15-21)23-12-11-20-10-9-16(3)13-24(20)25(23)6/h9-15,19H,7-8H2,1-6H3/q+1. The van der Waals surface area contributed by atoms with E-state index in [9.17, 15) is 0 Å². The molecule has 1 heterocycles. The lowest BCUT2D eigenvalue weighted by Crippen LogP contribution is -2.32. The van der Waals surface area contributed by atoms with Gasteiger partial charge in [0.25, 0.3) is 0 Å². The van der Waals surface area contributed by atoms with Crippen LogP contribution in [-0.2, 0) is 7.05 Å². The summed E-state index contributed by atoms with van der Waals surface area (Å²) in [6.07, 6.45) is 2.39. The minimum atomic E-state index is 0.644. The Labute approximate surface area is 152 Å². The molecule has 0 bridgehead atoms. The predicted octanol–water partition coefficient (Wildman–Crippen LogP) is 6.16. The highest BCUT2D eigenvalue weighted by Gasteiger charge is 2.19. The van der Waals surface area contributed by atoms with Gasteiger partial charge in [-0.1, -0.05) is 26.0 Å². The van der Waals surface area contributed by atoms with E-state index in [-0.39, 0.29) is 0 Å². The Morgan fingerprint density at radius 2 is 1.56 bits per heavy atom. The number of hydrogen-bond donors (Lipinski definition) is 0. The first-order chi connectivity index (χ1) is 12.0. The molecule has 3 aromatic rings. The average Bonchev–Trinajstić information content (AvgIpc) is 2.60. The normalized spacial score (nSPS) is 11.5. The largest absolute Gasteiger partial charge is 0.213 e. The van der Waals surface area contributed by atoms with Crippen molar-refractivity contribution in [3.05, 3.63) is 64.7 Å². The fourth-order valence-electron chi connectivity index (χ4n) is 3.91. The Hall–Kier alpha value is -2.15. The average molecular weight is 333 g/mol. The Kier molecular flexibility index (Phi) is 4.94. The van der Waals surface area contributed by atoms with E-state index in [2.05, 4.69) is 88.7 Å². The number of hydrogen-bond acceptors (Lipinski definition) is 0. The van der Waals surface area contributed by atoms with Crippen LogP contribution in [-0.4, -0.2) is 0 Å². The van der Waals surface area contributed by atoms with Gasteiger partial charge in [-0.25, -0.2) is 0 Å². The number of aryl methyl sites for hydroxylation is 3. The molecule has 1 heteroatoms. The smallest absolute Gasteiger partial charge is 0.194 e. The second kappa shape index (κ2) is 7.00. The molecular weight excluding hydrogens is 302 g/mol. The highest BCUT2D eigenvalue weighted by molar-refractivity contribution is 5.78. The van der Waals surface area contributed by atoms with E-state index in [0.29, 0.717) is 5.92 Å². The minimum Gasteiger partial charge on any atom is -0.194 e. The summed E-state index contributed by atoms with van der Waals surface area (Å²) in [6.45, 7) is 11.2. The Morgan fingerprint density at radius 3 is 2.24 bits per heavy atom. The van der Waals surface area contributed by atoms with Crippen molar-refractivity contribution in [2.75, 3.05) is 0 Å². The Morgan fingerprint density at radius 1 is 0.880 bits per heavy atom. The lowest BCUT2D eigenvalue weighted by Gasteiger charge is -2.17. The van der Waals surface area contributed by atoms with Gasteiger partial charge in [0.1, 0.15) is 7.05 Å². The number of aromatic nitrogens is 1. The lowest BCUT2D eigenvalue weighted by molar-refractivity contribution is -0.633. The summed E-state index contributed by atoms with van der Waals surface area (Å²) in [7, 11) is 2.19. The molecule has 0 saturated carbocycles. The van der Waals surface area contributed by atoms with Crippen LogP contribution in [0, 0.1) is 20.8 Å². The second-order valence-electron chi connectivity index (χ2n) is 7.36. The van der Waals surface area contributed by atoms with Crippen LogP contribution in [0.3, 0.4) is 0 Å². The minimum absolute atomic E-state index is 0.644. The van der Waals surface area contributed by atoms with Crippen molar-refractivity contribution in [2.24, 2.45) is 7.05 Å². The van der Waals surface area contributed by atoms with Gasteiger partial charge in [0.2, 0.25) is 11.2 Å². The maximum absolute atomic E-state index is 2.43. The number of fused-ring (bicyclic) bond motifs is 1. The van der Waals surface area contributed by atoms with Crippen LogP contribution >= 0.6 is 0 Å². The van der Waals surface area contributed by atoms with Gasteiger partial charge in [-0.15, -0.1) is 0 Å². The first-order valence-corrected chi connectivity index (χ1v) is 9.47. The van der Waals surface area contributed by atoms with Crippen molar-refractivity contribution in [2.45, 2.75) is 53.4 Å². The van der Waals surface area contributed by atoms with Gasteiger partial charge in [0.15, 0.2) is 0 Å². The van der Waals surface area contributed by atoms with Crippen molar-refractivity contribution in [3.63, 3.8) is 0 Å². The second-order valence-corrected chi connectivity index (χ2v) is 7.36. The quantitative estimate of drug-likeness (QED) is 0.504. The molecule has 3 rings (SSSR count). The van der Waals surface area contributed by atoms with E-state index < -0.39 is 0 Å². The third kappa shape index (κ3) is 3.20. The van der Waals surface area contributed by atoms with Crippen molar-refractivity contribution in [1.82, 2.24) is 0 Å². The maximum atomic E-state index is 2.43. The van der Waals surface area contributed by atoms with Gasteiger partial charge in [-0.2, -0.15) is 4.57 Å². The van der Waals surface area contributed by atoms with Gasteiger partial charge < -0.3 is 0 Å². The molecule has 1 aromatic heterocycles. The molecule has 0 aliphatic heterocycles. The summed E-state index contributed by atoms with van der Waals surface area (Å²) in [6, 6.07) is 16.0. The van der Waals surface area contributed by atoms with Crippen LogP contribution in [0.2, 0.25) is 0 Å². The van der Waals surface area contributed by atoms with E-state index >= 15 is 0 Å². The van der Waals surface area contributed by atoms with Crippen LogP contribution in [0.25, 0.3) is 22.2 Å². The SMILES string of the molecule is CCC(CC)c1cc(C)c(C)c(-c2ccc3ccc(C)cc3[n+]2C)c1. The zero-order valence-electron chi connectivity index (χ0n) is 16.5. The number of nitrogens with zero attached hydrogens (tertiary/aromatic N) is 1. The summed E-state index contributed by atoms with van der Waals surface area (Å²) < 4.78 is 2.35. The summed E-state index contributed by atoms with van der Waals surface area (Å²) in [5.41, 5.74) is 9.52. The third-order valence-corrected chi connectivity index (χ3v) is 5.75. The predicted molar refractivity (Wildman–Crippen MR) is 108 cm³/mol. The lowest BCUT2D eigenvalue weighted by atomic mass is 9.88. The fourth-order valence-corrected chi connectivity index (χ4v) is 3.91. The van der Waals surface area contributed by atoms with Gasteiger partial charge >= 0.3 is 0 Å².